The minimum Gasteiger partial charge on any atom is -0.350 e. The lowest BCUT2D eigenvalue weighted by Crippen LogP contribution is -2.49. The van der Waals surface area contributed by atoms with E-state index in [-0.39, 0.29) is 17.2 Å². The first-order valence-corrected chi connectivity index (χ1v) is 7.13. The van der Waals surface area contributed by atoms with E-state index in [2.05, 4.69) is 21.2 Å². The second-order valence-electron chi connectivity index (χ2n) is 4.67. The standard InChI is InChI=1S/C13H18BrN3O3/c1-3-13(15,4-2)8-16-12(18)10-7-9(17(19)20)5-6-11(10)14/h5-7H,3-4,8,15H2,1-2H3,(H,16,18). The average molecular weight is 344 g/mol. The molecule has 0 heterocycles. The molecule has 0 saturated heterocycles. The summed E-state index contributed by atoms with van der Waals surface area (Å²) in [5, 5.41) is 13.5. The van der Waals surface area contributed by atoms with E-state index in [1.165, 1.54) is 18.2 Å². The number of hydrogen-bond acceptors (Lipinski definition) is 4. The van der Waals surface area contributed by atoms with Crippen LogP contribution in [0.3, 0.4) is 0 Å². The Morgan fingerprint density at radius 2 is 2.05 bits per heavy atom. The lowest BCUT2D eigenvalue weighted by Gasteiger charge is -2.26. The van der Waals surface area contributed by atoms with Crippen molar-refractivity contribution in [2.45, 2.75) is 32.2 Å². The number of nitrogens with one attached hydrogen (secondary N) is 1. The summed E-state index contributed by atoms with van der Waals surface area (Å²) in [7, 11) is 0. The quantitative estimate of drug-likeness (QED) is 0.612. The highest BCUT2D eigenvalue weighted by molar-refractivity contribution is 9.10. The highest BCUT2D eigenvalue weighted by atomic mass is 79.9. The molecular weight excluding hydrogens is 326 g/mol. The molecular formula is C13H18BrN3O3. The minimum absolute atomic E-state index is 0.122. The maximum Gasteiger partial charge on any atom is 0.270 e. The Morgan fingerprint density at radius 1 is 1.45 bits per heavy atom. The van der Waals surface area contributed by atoms with Crippen LogP contribution in [0.4, 0.5) is 5.69 Å². The monoisotopic (exact) mass is 343 g/mol. The molecule has 3 N–H and O–H groups in total. The summed E-state index contributed by atoms with van der Waals surface area (Å²) in [6.07, 6.45) is 1.47. The molecule has 0 radical (unpaired) electrons. The SMILES string of the molecule is CCC(N)(CC)CNC(=O)c1cc([N+](=O)[O-])ccc1Br. The number of nitrogens with zero attached hydrogens (tertiary/aromatic N) is 1. The third kappa shape index (κ3) is 4.01. The maximum atomic E-state index is 12.1. The lowest BCUT2D eigenvalue weighted by atomic mass is 9.94. The van der Waals surface area contributed by atoms with Crippen LogP contribution in [0.1, 0.15) is 37.0 Å². The van der Waals surface area contributed by atoms with Gasteiger partial charge in [0.15, 0.2) is 0 Å². The number of nitrogens with two attached hydrogens (primary N) is 1. The molecule has 1 rings (SSSR count). The summed E-state index contributed by atoms with van der Waals surface area (Å²) < 4.78 is 0.510. The van der Waals surface area contributed by atoms with Gasteiger partial charge >= 0.3 is 0 Å². The maximum absolute atomic E-state index is 12.1. The number of carbonyl (C=O) groups excluding carboxylic acids is 1. The van der Waals surface area contributed by atoms with E-state index in [1.54, 1.807) is 0 Å². The van der Waals surface area contributed by atoms with Crippen LogP contribution in [0.5, 0.6) is 0 Å². The Bertz CT molecular complexity index is 516. The molecule has 110 valence electrons. The zero-order valence-corrected chi connectivity index (χ0v) is 13.1. The molecule has 0 saturated carbocycles. The van der Waals surface area contributed by atoms with Crippen molar-refractivity contribution in [2.24, 2.45) is 5.73 Å². The van der Waals surface area contributed by atoms with Crippen molar-refractivity contribution in [3.8, 4) is 0 Å². The molecule has 7 heteroatoms. The summed E-state index contributed by atoms with van der Waals surface area (Å²) in [5.74, 6) is -0.377. The third-order valence-corrected chi connectivity index (χ3v) is 4.11. The van der Waals surface area contributed by atoms with Gasteiger partial charge in [0.1, 0.15) is 0 Å². The van der Waals surface area contributed by atoms with E-state index in [0.717, 1.165) is 12.8 Å². The first-order chi connectivity index (χ1) is 9.33. The van der Waals surface area contributed by atoms with Crippen molar-refractivity contribution < 1.29 is 9.72 Å². The van der Waals surface area contributed by atoms with Crippen LogP contribution in [-0.4, -0.2) is 22.9 Å². The Kier molecular flexibility index (Phi) is 5.64. The normalized spacial score (nSPS) is 11.2. The second kappa shape index (κ2) is 6.81. The number of benzene rings is 1. The second-order valence-corrected chi connectivity index (χ2v) is 5.53. The van der Waals surface area contributed by atoms with Gasteiger partial charge in [-0.15, -0.1) is 0 Å². The van der Waals surface area contributed by atoms with Gasteiger partial charge in [0, 0.05) is 28.7 Å². The van der Waals surface area contributed by atoms with E-state index < -0.39 is 10.5 Å². The fourth-order valence-corrected chi connectivity index (χ4v) is 2.08. The molecule has 0 bridgehead atoms. The van der Waals surface area contributed by atoms with E-state index in [0.29, 0.717) is 11.0 Å². The largest absolute Gasteiger partial charge is 0.350 e. The molecule has 1 aromatic carbocycles. The Balaban J connectivity index is 2.87. The van der Waals surface area contributed by atoms with Crippen LogP contribution in [0, 0.1) is 10.1 Å². The molecule has 0 unspecified atom stereocenters. The first-order valence-electron chi connectivity index (χ1n) is 6.34. The van der Waals surface area contributed by atoms with Crippen LogP contribution in [0.2, 0.25) is 0 Å². The van der Waals surface area contributed by atoms with Crippen LogP contribution in [-0.2, 0) is 0 Å². The number of carbonyl (C=O) groups is 1. The molecule has 0 aromatic heterocycles. The predicted octanol–water partition coefficient (Wildman–Crippen LogP) is 2.60. The van der Waals surface area contributed by atoms with Gasteiger partial charge in [0.05, 0.1) is 10.5 Å². The van der Waals surface area contributed by atoms with Gasteiger partial charge in [-0.1, -0.05) is 13.8 Å². The Hall–Kier alpha value is -1.47. The van der Waals surface area contributed by atoms with Crippen LogP contribution in [0.15, 0.2) is 22.7 Å². The summed E-state index contributed by atoms with van der Waals surface area (Å²) in [4.78, 5) is 22.3. The van der Waals surface area contributed by atoms with Gasteiger partial charge in [-0.05, 0) is 34.8 Å². The summed E-state index contributed by atoms with van der Waals surface area (Å²) >= 11 is 3.22. The van der Waals surface area contributed by atoms with E-state index in [1.807, 2.05) is 13.8 Å². The predicted molar refractivity (Wildman–Crippen MR) is 80.6 cm³/mol. The van der Waals surface area contributed by atoms with Crippen molar-refractivity contribution in [1.82, 2.24) is 5.32 Å². The molecule has 0 aliphatic heterocycles. The number of nitro groups is 1. The first kappa shape index (κ1) is 16.6. The molecule has 20 heavy (non-hydrogen) atoms. The van der Waals surface area contributed by atoms with Gasteiger partial charge in [-0.2, -0.15) is 0 Å². The zero-order chi connectivity index (χ0) is 15.3. The molecule has 0 atom stereocenters. The van der Waals surface area contributed by atoms with E-state index >= 15 is 0 Å². The molecule has 0 fully saturated rings. The van der Waals surface area contributed by atoms with Crippen molar-refractivity contribution in [3.05, 3.63) is 38.3 Å². The lowest BCUT2D eigenvalue weighted by molar-refractivity contribution is -0.384. The number of rotatable bonds is 6. The van der Waals surface area contributed by atoms with E-state index in [9.17, 15) is 14.9 Å². The molecule has 0 aliphatic rings. The number of non-ortho nitro benzene ring substituents is 1. The van der Waals surface area contributed by atoms with Gasteiger partial charge in [0.25, 0.3) is 11.6 Å². The van der Waals surface area contributed by atoms with Crippen LogP contribution >= 0.6 is 15.9 Å². The summed E-state index contributed by atoms with van der Waals surface area (Å²) in [6, 6.07) is 4.07. The zero-order valence-electron chi connectivity index (χ0n) is 11.5. The third-order valence-electron chi connectivity index (χ3n) is 3.41. The van der Waals surface area contributed by atoms with Crippen molar-refractivity contribution in [2.75, 3.05) is 6.54 Å². The molecule has 0 spiro atoms. The minimum atomic E-state index is -0.533. The van der Waals surface area contributed by atoms with Gasteiger partial charge in [-0.25, -0.2) is 0 Å². The van der Waals surface area contributed by atoms with Crippen LogP contribution in [0.25, 0.3) is 0 Å². The fourth-order valence-electron chi connectivity index (χ4n) is 1.65. The number of halogens is 1. The van der Waals surface area contributed by atoms with Gasteiger partial charge in [-0.3, -0.25) is 14.9 Å². The Morgan fingerprint density at radius 3 is 2.55 bits per heavy atom. The van der Waals surface area contributed by atoms with Crippen molar-refractivity contribution >= 4 is 27.5 Å². The van der Waals surface area contributed by atoms with Gasteiger partial charge in [0.2, 0.25) is 0 Å². The number of nitro benzene ring substituents is 1. The highest BCUT2D eigenvalue weighted by Crippen LogP contribution is 2.22. The molecule has 1 aromatic rings. The molecule has 1 amide bonds. The summed E-state index contributed by atoms with van der Waals surface area (Å²) in [6.45, 7) is 4.24. The van der Waals surface area contributed by atoms with Crippen LogP contribution < -0.4 is 11.1 Å². The number of amides is 1. The van der Waals surface area contributed by atoms with Gasteiger partial charge < -0.3 is 11.1 Å². The van der Waals surface area contributed by atoms with Crippen molar-refractivity contribution in [1.29, 1.82) is 0 Å². The molecule has 0 aliphatic carbocycles. The summed E-state index contributed by atoms with van der Waals surface area (Å²) in [5.41, 5.74) is 5.76. The average Bonchev–Trinajstić information content (AvgIpc) is 2.44. The fraction of sp³-hybridized carbons (Fsp3) is 0.462. The van der Waals surface area contributed by atoms with E-state index in [4.69, 9.17) is 5.73 Å². The Labute approximate surface area is 126 Å². The topological polar surface area (TPSA) is 98.3 Å². The smallest absolute Gasteiger partial charge is 0.270 e. The molecule has 6 nitrogen and oxygen atoms in total. The highest BCUT2D eigenvalue weighted by Gasteiger charge is 2.22. The van der Waals surface area contributed by atoms with Crippen molar-refractivity contribution in [3.63, 3.8) is 0 Å². The number of hydrogen-bond donors (Lipinski definition) is 2.